The molecule has 0 aliphatic heterocycles. The Morgan fingerprint density at radius 3 is 2.12 bits per heavy atom. The summed E-state index contributed by atoms with van der Waals surface area (Å²) >= 11 is 0. The zero-order chi connectivity index (χ0) is 13.0. The Kier molecular flexibility index (Phi) is 4.67. The van der Waals surface area contributed by atoms with Crippen LogP contribution in [0.1, 0.15) is 42.9 Å². The predicted octanol–water partition coefficient (Wildman–Crippen LogP) is 3.59. The molecule has 0 aromatic heterocycles. The summed E-state index contributed by atoms with van der Waals surface area (Å²) in [5.41, 5.74) is 2.57. The summed E-state index contributed by atoms with van der Waals surface area (Å²) in [7, 11) is 0. The van der Waals surface area contributed by atoms with E-state index in [0.717, 1.165) is 30.4 Å². The molecule has 0 spiro atoms. The second-order valence-corrected chi connectivity index (χ2v) is 4.46. The number of rotatable bonds is 5. The Hall–Kier alpha value is -1.38. The highest BCUT2D eigenvalue weighted by Gasteiger charge is 2.17. The largest absolute Gasteiger partial charge is 0.504 e. The van der Waals surface area contributed by atoms with Gasteiger partial charge in [-0.15, -0.1) is 0 Å². The Morgan fingerprint density at radius 1 is 0.882 bits per heavy atom. The summed E-state index contributed by atoms with van der Waals surface area (Å²) in [5, 5.41) is 19.6. The number of benzene rings is 1. The first kappa shape index (κ1) is 13.7. The third-order valence-corrected chi connectivity index (χ3v) is 3.25. The third kappa shape index (κ3) is 2.84. The SMILES string of the molecule is CCCCCOc1c(C)c(C)c(C)c(O)c1O. The van der Waals surface area contributed by atoms with E-state index in [1.807, 2.05) is 13.8 Å². The van der Waals surface area contributed by atoms with E-state index < -0.39 is 0 Å². The van der Waals surface area contributed by atoms with Crippen molar-refractivity contribution < 1.29 is 14.9 Å². The Labute approximate surface area is 103 Å². The lowest BCUT2D eigenvalue weighted by Gasteiger charge is -2.16. The molecule has 0 bridgehead atoms. The predicted molar refractivity (Wildman–Crippen MR) is 69.0 cm³/mol. The molecule has 17 heavy (non-hydrogen) atoms. The highest BCUT2D eigenvalue weighted by atomic mass is 16.5. The van der Waals surface area contributed by atoms with Crippen LogP contribution in [-0.4, -0.2) is 16.8 Å². The normalized spacial score (nSPS) is 10.6. The minimum absolute atomic E-state index is 0.0707. The van der Waals surface area contributed by atoms with Gasteiger partial charge in [0, 0.05) is 0 Å². The summed E-state index contributed by atoms with van der Waals surface area (Å²) < 4.78 is 5.58. The lowest BCUT2D eigenvalue weighted by atomic mass is 10.0. The topological polar surface area (TPSA) is 49.7 Å². The van der Waals surface area contributed by atoms with Gasteiger partial charge >= 0.3 is 0 Å². The number of unbranched alkanes of at least 4 members (excludes halogenated alkanes) is 2. The van der Waals surface area contributed by atoms with E-state index in [1.54, 1.807) is 6.92 Å². The molecule has 0 unspecified atom stereocenters. The van der Waals surface area contributed by atoms with Gasteiger partial charge in [0.05, 0.1) is 6.61 Å². The lowest BCUT2D eigenvalue weighted by molar-refractivity contribution is 0.282. The standard InChI is InChI=1S/C14H22O3/c1-5-6-7-8-17-14-11(4)9(2)10(3)12(15)13(14)16/h15-16H,5-8H2,1-4H3. The molecule has 1 rings (SSSR count). The first-order valence-corrected chi connectivity index (χ1v) is 6.15. The Morgan fingerprint density at radius 2 is 1.53 bits per heavy atom. The second kappa shape index (κ2) is 5.80. The number of hydrogen-bond donors (Lipinski definition) is 2. The Balaban J connectivity index is 2.92. The molecule has 2 N–H and O–H groups in total. The fraction of sp³-hybridized carbons (Fsp3) is 0.571. The van der Waals surface area contributed by atoms with Crippen molar-refractivity contribution in [2.45, 2.75) is 47.0 Å². The summed E-state index contributed by atoms with van der Waals surface area (Å²) in [6, 6.07) is 0. The van der Waals surface area contributed by atoms with Gasteiger partial charge in [0.25, 0.3) is 0 Å². The van der Waals surface area contributed by atoms with Crippen molar-refractivity contribution in [3.05, 3.63) is 16.7 Å². The van der Waals surface area contributed by atoms with E-state index in [2.05, 4.69) is 6.92 Å². The molecule has 0 heterocycles. The van der Waals surface area contributed by atoms with Crippen LogP contribution in [0.4, 0.5) is 0 Å². The van der Waals surface area contributed by atoms with E-state index in [1.165, 1.54) is 0 Å². The molecule has 1 aromatic carbocycles. The monoisotopic (exact) mass is 238 g/mol. The molecule has 0 radical (unpaired) electrons. The van der Waals surface area contributed by atoms with Gasteiger partial charge in [-0.05, 0) is 43.9 Å². The lowest BCUT2D eigenvalue weighted by Crippen LogP contribution is -2.01. The molecular formula is C14H22O3. The maximum absolute atomic E-state index is 9.87. The van der Waals surface area contributed by atoms with Crippen LogP contribution in [0.25, 0.3) is 0 Å². The second-order valence-electron chi connectivity index (χ2n) is 4.46. The van der Waals surface area contributed by atoms with Crippen LogP contribution in [0.5, 0.6) is 17.2 Å². The molecule has 96 valence electrons. The number of phenolic OH excluding ortho intramolecular Hbond substituents is 2. The molecule has 0 atom stereocenters. The summed E-state index contributed by atoms with van der Waals surface area (Å²) in [4.78, 5) is 0. The summed E-state index contributed by atoms with van der Waals surface area (Å²) in [6.07, 6.45) is 3.20. The number of aromatic hydroxyl groups is 2. The van der Waals surface area contributed by atoms with Gasteiger partial charge in [-0.3, -0.25) is 0 Å². The van der Waals surface area contributed by atoms with E-state index in [0.29, 0.717) is 17.9 Å². The fourth-order valence-electron chi connectivity index (χ4n) is 1.79. The van der Waals surface area contributed by atoms with Crippen molar-refractivity contribution in [1.29, 1.82) is 0 Å². The summed E-state index contributed by atoms with van der Waals surface area (Å²) in [6.45, 7) is 8.31. The van der Waals surface area contributed by atoms with Crippen molar-refractivity contribution in [1.82, 2.24) is 0 Å². The van der Waals surface area contributed by atoms with E-state index in [9.17, 15) is 10.2 Å². The van der Waals surface area contributed by atoms with Crippen molar-refractivity contribution in [2.24, 2.45) is 0 Å². The maximum atomic E-state index is 9.87. The first-order chi connectivity index (χ1) is 8.00. The number of phenols is 2. The summed E-state index contributed by atoms with van der Waals surface area (Å²) in [5.74, 6) is 0.211. The molecule has 1 aromatic rings. The van der Waals surface area contributed by atoms with Crippen molar-refractivity contribution in [2.75, 3.05) is 6.61 Å². The molecule has 0 saturated carbocycles. The third-order valence-electron chi connectivity index (χ3n) is 3.25. The molecule has 0 fully saturated rings. The molecule has 3 heteroatoms. The molecule has 3 nitrogen and oxygen atoms in total. The minimum Gasteiger partial charge on any atom is -0.504 e. The van der Waals surface area contributed by atoms with Crippen LogP contribution in [0.3, 0.4) is 0 Å². The quantitative estimate of drug-likeness (QED) is 0.608. The van der Waals surface area contributed by atoms with Gasteiger partial charge in [0.2, 0.25) is 5.75 Å². The van der Waals surface area contributed by atoms with Crippen LogP contribution in [0.2, 0.25) is 0 Å². The van der Waals surface area contributed by atoms with Crippen LogP contribution >= 0.6 is 0 Å². The van der Waals surface area contributed by atoms with E-state index in [-0.39, 0.29) is 11.5 Å². The van der Waals surface area contributed by atoms with Crippen molar-refractivity contribution in [3.8, 4) is 17.2 Å². The van der Waals surface area contributed by atoms with Crippen molar-refractivity contribution in [3.63, 3.8) is 0 Å². The maximum Gasteiger partial charge on any atom is 0.201 e. The molecule has 0 aliphatic carbocycles. The smallest absolute Gasteiger partial charge is 0.201 e. The highest BCUT2D eigenvalue weighted by molar-refractivity contribution is 5.61. The molecule has 0 saturated heterocycles. The number of hydrogen-bond acceptors (Lipinski definition) is 3. The highest BCUT2D eigenvalue weighted by Crippen LogP contribution is 2.42. The fourth-order valence-corrected chi connectivity index (χ4v) is 1.79. The Bertz CT molecular complexity index is 368. The van der Waals surface area contributed by atoms with Crippen molar-refractivity contribution >= 4 is 0 Å². The van der Waals surface area contributed by atoms with Gasteiger partial charge in [-0.1, -0.05) is 19.8 Å². The molecule has 0 aliphatic rings. The minimum atomic E-state index is -0.137. The van der Waals surface area contributed by atoms with Gasteiger partial charge < -0.3 is 14.9 Å². The number of ether oxygens (including phenoxy) is 1. The zero-order valence-electron chi connectivity index (χ0n) is 11.1. The van der Waals surface area contributed by atoms with Crippen LogP contribution in [0.15, 0.2) is 0 Å². The van der Waals surface area contributed by atoms with E-state index in [4.69, 9.17) is 4.74 Å². The average Bonchev–Trinajstić information content (AvgIpc) is 2.33. The van der Waals surface area contributed by atoms with Crippen LogP contribution < -0.4 is 4.74 Å². The van der Waals surface area contributed by atoms with Gasteiger partial charge in [-0.25, -0.2) is 0 Å². The first-order valence-electron chi connectivity index (χ1n) is 6.15. The van der Waals surface area contributed by atoms with Gasteiger partial charge in [-0.2, -0.15) is 0 Å². The van der Waals surface area contributed by atoms with Gasteiger partial charge in [0.1, 0.15) is 0 Å². The van der Waals surface area contributed by atoms with Crippen LogP contribution in [-0.2, 0) is 0 Å². The average molecular weight is 238 g/mol. The zero-order valence-corrected chi connectivity index (χ0v) is 11.1. The molecule has 0 amide bonds. The van der Waals surface area contributed by atoms with E-state index >= 15 is 0 Å². The molecular weight excluding hydrogens is 216 g/mol. The van der Waals surface area contributed by atoms with Crippen LogP contribution in [0, 0.1) is 20.8 Å². The van der Waals surface area contributed by atoms with Gasteiger partial charge in [0.15, 0.2) is 11.5 Å².